The molecule has 0 saturated carbocycles. The van der Waals surface area contributed by atoms with Crippen LogP contribution in [0.15, 0.2) is 54.6 Å². The van der Waals surface area contributed by atoms with Crippen molar-refractivity contribution in [2.45, 2.75) is 13.0 Å². The zero-order valence-corrected chi connectivity index (χ0v) is 12.6. The maximum Gasteiger partial charge on any atom is 0.274 e. The van der Waals surface area contributed by atoms with Crippen molar-refractivity contribution in [3.05, 3.63) is 75.8 Å². The molecule has 6 nitrogen and oxygen atoms in total. The number of hydrogen-bond acceptors (Lipinski definition) is 4. The fourth-order valence-corrected chi connectivity index (χ4v) is 2.08. The Labute approximate surface area is 134 Å². The fourth-order valence-electron chi connectivity index (χ4n) is 2.08. The number of carbonyl (C=O) groups excluding carboxylic acids is 1. The van der Waals surface area contributed by atoms with Crippen molar-refractivity contribution in [1.29, 1.82) is 0 Å². The molecule has 120 valence electrons. The van der Waals surface area contributed by atoms with Crippen LogP contribution >= 0.6 is 0 Å². The quantitative estimate of drug-likeness (QED) is 0.461. The van der Waals surface area contributed by atoms with E-state index in [0.717, 1.165) is 12.0 Å². The fraction of sp³-hybridized carbons (Fsp3) is 0.235. The second-order valence-electron chi connectivity index (χ2n) is 4.95. The number of benzene rings is 2. The van der Waals surface area contributed by atoms with Crippen molar-refractivity contribution in [2.75, 3.05) is 13.2 Å². The number of hydrogen-bond donors (Lipinski definition) is 1. The summed E-state index contributed by atoms with van der Waals surface area (Å²) in [5.41, 5.74) is 1.61. The Hall–Kier alpha value is -2.73. The number of amides is 1. The molecule has 0 fully saturated rings. The Morgan fingerprint density at radius 3 is 2.52 bits per heavy atom. The van der Waals surface area contributed by atoms with E-state index in [1.807, 2.05) is 30.3 Å². The number of nitro benzene ring substituents is 1. The number of nitrogens with zero attached hydrogens (tertiary/aromatic N) is 1. The third-order valence-corrected chi connectivity index (χ3v) is 3.28. The summed E-state index contributed by atoms with van der Waals surface area (Å²) in [6, 6.07) is 16.2. The SMILES string of the molecule is O=C(COCCc1ccccc1)NCc1ccccc1[N+](=O)[O-]. The molecule has 1 amide bonds. The Morgan fingerprint density at radius 2 is 1.78 bits per heavy atom. The van der Waals surface area contributed by atoms with Gasteiger partial charge in [-0.25, -0.2) is 0 Å². The molecule has 0 aliphatic rings. The van der Waals surface area contributed by atoms with Gasteiger partial charge in [0, 0.05) is 18.2 Å². The molecule has 0 aromatic heterocycles. The van der Waals surface area contributed by atoms with Crippen LogP contribution in [-0.4, -0.2) is 24.0 Å². The van der Waals surface area contributed by atoms with Crippen molar-refractivity contribution < 1.29 is 14.5 Å². The average Bonchev–Trinajstić information content (AvgIpc) is 2.58. The van der Waals surface area contributed by atoms with Crippen LogP contribution in [0.5, 0.6) is 0 Å². The van der Waals surface area contributed by atoms with Crippen LogP contribution in [0, 0.1) is 10.1 Å². The predicted octanol–water partition coefficient (Wildman–Crippen LogP) is 2.47. The van der Waals surface area contributed by atoms with Gasteiger partial charge < -0.3 is 10.1 Å². The molecule has 0 radical (unpaired) electrons. The molecule has 2 aromatic rings. The Morgan fingerprint density at radius 1 is 1.09 bits per heavy atom. The molecule has 0 bridgehead atoms. The van der Waals surface area contributed by atoms with Crippen LogP contribution in [0.25, 0.3) is 0 Å². The topological polar surface area (TPSA) is 81.5 Å². The van der Waals surface area contributed by atoms with Crippen LogP contribution in [0.2, 0.25) is 0 Å². The lowest BCUT2D eigenvalue weighted by Crippen LogP contribution is -2.27. The van der Waals surface area contributed by atoms with Gasteiger partial charge in [-0.05, 0) is 12.0 Å². The summed E-state index contributed by atoms with van der Waals surface area (Å²) in [5, 5.41) is 13.5. The summed E-state index contributed by atoms with van der Waals surface area (Å²) in [7, 11) is 0. The van der Waals surface area contributed by atoms with Crippen LogP contribution < -0.4 is 5.32 Å². The van der Waals surface area contributed by atoms with Gasteiger partial charge in [-0.15, -0.1) is 0 Å². The normalized spacial score (nSPS) is 10.3. The second-order valence-corrected chi connectivity index (χ2v) is 4.95. The van der Waals surface area contributed by atoms with Crippen LogP contribution in [0.1, 0.15) is 11.1 Å². The first-order chi connectivity index (χ1) is 11.2. The summed E-state index contributed by atoms with van der Waals surface area (Å²) >= 11 is 0. The first-order valence-electron chi connectivity index (χ1n) is 7.27. The number of carbonyl (C=O) groups is 1. The summed E-state index contributed by atoms with van der Waals surface area (Å²) in [6.45, 7) is 0.494. The second kappa shape index (κ2) is 8.65. The highest BCUT2D eigenvalue weighted by molar-refractivity contribution is 5.77. The summed E-state index contributed by atoms with van der Waals surface area (Å²) in [5.74, 6) is -0.295. The summed E-state index contributed by atoms with van der Waals surface area (Å²) in [6.07, 6.45) is 0.734. The molecule has 0 aliphatic heterocycles. The number of rotatable bonds is 8. The van der Waals surface area contributed by atoms with Crippen molar-refractivity contribution in [2.24, 2.45) is 0 Å². The monoisotopic (exact) mass is 314 g/mol. The molecule has 0 saturated heterocycles. The molecule has 6 heteroatoms. The first-order valence-corrected chi connectivity index (χ1v) is 7.27. The molecule has 23 heavy (non-hydrogen) atoms. The van der Waals surface area contributed by atoms with E-state index < -0.39 is 4.92 Å². The molecule has 0 unspecified atom stereocenters. The van der Waals surface area contributed by atoms with Gasteiger partial charge in [-0.2, -0.15) is 0 Å². The molecule has 1 N–H and O–H groups in total. The van der Waals surface area contributed by atoms with Crippen LogP contribution in [0.3, 0.4) is 0 Å². The highest BCUT2D eigenvalue weighted by Gasteiger charge is 2.12. The van der Waals surface area contributed by atoms with Gasteiger partial charge in [-0.3, -0.25) is 14.9 Å². The molecule has 0 heterocycles. The number of ether oxygens (including phenoxy) is 1. The van der Waals surface area contributed by atoms with E-state index in [2.05, 4.69) is 5.32 Å². The van der Waals surface area contributed by atoms with Crippen molar-refractivity contribution in [3.8, 4) is 0 Å². The largest absolute Gasteiger partial charge is 0.371 e. The predicted molar refractivity (Wildman–Crippen MR) is 85.9 cm³/mol. The maximum atomic E-state index is 11.7. The molecule has 2 aromatic carbocycles. The van der Waals surface area contributed by atoms with E-state index in [4.69, 9.17) is 4.74 Å². The highest BCUT2D eigenvalue weighted by Crippen LogP contribution is 2.16. The maximum absolute atomic E-state index is 11.7. The number of nitro groups is 1. The van der Waals surface area contributed by atoms with Crippen molar-refractivity contribution in [1.82, 2.24) is 5.32 Å². The van der Waals surface area contributed by atoms with Gasteiger partial charge in [0.25, 0.3) is 5.69 Å². The van der Waals surface area contributed by atoms with Crippen molar-refractivity contribution >= 4 is 11.6 Å². The van der Waals surface area contributed by atoms with E-state index >= 15 is 0 Å². The molecule has 0 aliphatic carbocycles. The standard InChI is InChI=1S/C17H18N2O4/c20-17(13-23-11-10-14-6-2-1-3-7-14)18-12-15-8-4-5-9-16(15)19(21)22/h1-9H,10-13H2,(H,18,20). The minimum atomic E-state index is -0.460. The van der Waals surface area contributed by atoms with Gasteiger partial charge in [0.2, 0.25) is 5.91 Å². The lowest BCUT2D eigenvalue weighted by molar-refractivity contribution is -0.385. The van der Waals surface area contributed by atoms with E-state index in [1.54, 1.807) is 18.2 Å². The highest BCUT2D eigenvalue weighted by atomic mass is 16.6. The van der Waals surface area contributed by atoms with Gasteiger partial charge >= 0.3 is 0 Å². The van der Waals surface area contributed by atoms with Gasteiger partial charge in [0.15, 0.2) is 0 Å². The first kappa shape index (κ1) is 16.6. The molecular formula is C17H18N2O4. The van der Waals surface area contributed by atoms with E-state index in [0.29, 0.717) is 12.2 Å². The average molecular weight is 314 g/mol. The van der Waals surface area contributed by atoms with Gasteiger partial charge in [-0.1, -0.05) is 48.5 Å². The zero-order valence-electron chi connectivity index (χ0n) is 12.6. The zero-order chi connectivity index (χ0) is 16.5. The van der Waals surface area contributed by atoms with E-state index in [-0.39, 0.29) is 24.7 Å². The smallest absolute Gasteiger partial charge is 0.274 e. The minimum Gasteiger partial charge on any atom is -0.371 e. The third kappa shape index (κ3) is 5.52. The van der Waals surface area contributed by atoms with E-state index in [1.165, 1.54) is 6.07 Å². The molecule has 2 rings (SSSR count). The molecular weight excluding hydrogens is 296 g/mol. The van der Waals surface area contributed by atoms with Crippen LogP contribution in [-0.2, 0) is 22.5 Å². The van der Waals surface area contributed by atoms with Crippen LogP contribution in [0.4, 0.5) is 5.69 Å². The molecule has 0 spiro atoms. The summed E-state index contributed by atoms with van der Waals surface area (Å²) in [4.78, 5) is 22.1. The minimum absolute atomic E-state index is 0.00204. The Bertz CT molecular complexity index is 659. The molecule has 0 atom stereocenters. The lowest BCUT2D eigenvalue weighted by atomic mass is 10.2. The van der Waals surface area contributed by atoms with Gasteiger partial charge in [0.1, 0.15) is 6.61 Å². The Kier molecular flexibility index (Phi) is 6.26. The van der Waals surface area contributed by atoms with Crippen molar-refractivity contribution in [3.63, 3.8) is 0 Å². The Balaban J connectivity index is 1.70. The third-order valence-electron chi connectivity index (χ3n) is 3.28. The number of nitrogens with one attached hydrogen (secondary N) is 1. The lowest BCUT2D eigenvalue weighted by Gasteiger charge is -2.07. The number of para-hydroxylation sites is 1. The van der Waals surface area contributed by atoms with Gasteiger partial charge in [0.05, 0.1) is 11.5 Å². The summed E-state index contributed by atoms with van der Waals surface area (Å²) < 4.78 is 5.32. The van der Waals surface area contributed by atoms with E-state index in [9.17, 15) is 14.9 Å².